The largest absolute Gasteiger partial charge is 0.426 e. The fraction of sp³-hybridized carbons (Fsp3) is 0.529. The van der Waals surface area contributed by atoms with Gasteiger partial charge in [-0.05, 0) is 50.7 Å². The van der Waals surface area contributed by atoms with Crippen molar-refractivity contribution >= 4 is 11.9 Å². The van der Waals surface area contributed by atoms with E-state index in [1.807, 2.05) is 36.9 Å². The maximum Gasteiger partial charge on any atom is 0.311 e. The number of nitrogens with zero attached hydrogens (tertiary/aromatic N) is 1. The standard InChI is InChI=1S/C17H25N3O2/c1-12-3-5-15(13(2)11-12)22-16(21)6-4-14-7-9-20(10-8-14)17(18)19/h3,5,11,14H,4,6-10H2,1-2H3,(H3,18,19). The first-order valence-corrected chi connectivity index (χ1v) is 7.82. The fourth-order valence-electron chi connectivity index (χ4n) is 2.87. The van der Waals surface area contributed by atoms with Crippen molar-refractivity contribution in [2.45, 2.75) is 39.5 Å². The summed E-state index contributed by atoms with van der Waals surface area (Å²) >= 11 is 0. The molecule has 0 amide bonds. The van der Waals surface area contributed by atoms with Gasteiger partial charge in [0.05, 0.1) is 0 Å². The topological polar surface area (TPSA) is 79.4 Å². The van der Waals surface area contributed by atoms with Crippen molar-refractivity contribution in [2.75, 3.05) is 13.1 Å². The van der Waals surface area contributed by atoms with E-state index in [4.69, 9.17) is 15.9 Å². The van der Waals surface area contributed by atoms with Gasteiger partial charge in [0.15, 0.2) is 5.96 Å². The van der Waals surface area contributed by atoms with Gasteiger partial charge < -0.3 is 15.4 Å². The maximum absolute atomic E-state index is 12.0. The van der Waals surface area contributed by atoms with Gasteiger partial charge >= 0.3 is 5.97 Å². The molecule has 5 heteroatoms. The zero-order valence-electron chi connectivity index (χ0n) is 13.4. The number of piperidine rings is 1. The van der Waals surface area contributed by atoms with Gasteiger partial charge in [0.1, 0.15) is 5.75 Å². The number of nitrogens with two attached hydrogens (primary N) is 1. The van der Waals surface area contributed by atoms with E-state index in [9.17, 15) is 4.79 Å². The summed E-state index contributed by atoms with van der Waals surface area (Å²) in [6.45, 7) is 5.59. The average Bonchev–Trinajstić information content (AvgIpc) is 2.48. The predicted molar refractivity (Wildman–Crippen MR) is 87.0 cm³/mol. The summed E-state index contributed by atoms with van der Waals surface area (Å²) in [5.74, 6) is 1.15. The molecule has 1 aromatic rings. The molecule has 0 radical (unpaired) electrons. The third kappa shape index (κ3) is 4.48. The van der Waals surface area contributed by atoms with Crippen molar-refractivity contribution in [1.82, 2.24) is 4.90 Å². The monoisotopic (exact) mass is 303 g/mol. The molecule has 120 valence electrons. The van der Waals surface area contributed by atoms with E-state index >= 15 is 0 Å². The van der Waals surface area contributed by atoms with E-state index in [1.165, 1.54) is 0 Å². The lowest BCUT2D eigenvalue weighted by Gasteiger charge is -2.31. The lowest BCUT2D eigenvalue weighted by Crippen LogP contribution is -2.42. The minimum atomic E-state index is -0.166. The van der Waals surface area contributed by atoms with Gasteiger partial charge in [0.2, 0.25) is 0 Å². The number of aryl methyl sites for hydroxylation is 2. The van der Waals surface area contributed by atoms with Crippen LogP contribution in [0.3, 0.4) is 0 Å². The number of guanidine groups is 1. The molecular weight excluding hydrogens is 278 g/mol. The normalized spacial score (nSPS) is 15.6. The molecular formula is C17H25N3O2. The highest BCUT2D eigenvalue weighted by Gasteiger charge is 2.21. The molecule has 0 atom stereocenters. The summed E-state index contributed by atoms with van der Waals surface area (Å²) in [6, 6.07) is 5.82. The Hall–Kier alpha value is -2.04. The number of rotatable bonds is 4. The van der Waals surface area contributed by atoms with Gasteiger partial charge in [0, 0.05) is 19.5 Å². The Labute approximate surface area is 132 Å². The Morgan fingerprint density at radius 3 is 2.64 bits per heavy atom. The fourth-order valence-corrected chi connectivity index (χ4v) is 2.87. The van der Waals surface area contributed by atoms with Crippen molar-refractivity contribution in [3.8, 4) is 5.75 Å². The maximum atomic E-state index is 12.0. The zero-order chi connectivity index (χ0) is 16.1. The minimum Gasteiger partial charge on any atom is -0.426 e. The van der Waals surface area contributed by atoms with Gasteiger partial charge in [-0.25, -0.2) is 0 Å². The number of likely N-dealkylation sites (tertiary alicyclic amines) is 1. The highest BCUT2D eigenvalue weighted by Crippen LogP contribution is 2.23. The predicted octanol–water partition coefficient (Wildman–Crippen LogP) is 2.59. The SMILES string of the molecule is Cc1ccc(OC(=O)CCC2CCN(C(=N)N)CC2)c(C)c1. The van der Waals surface area contributed by atoms with Gasteiger partial charge in [0.25, 0.3) is 0 Å². The molecule has 2 rings (SSSR count). The van der Waals surface area contributed by atoms with Crippen LogP contribution >= 0.6 is 0 Å². The van der Waals surface area contributed by atoms with Gasteiger partial charge in [-0.3, -0.25) is 10.2 Å². The van der Waals surface area contributed by atoms with Crippen LogP contribution in [0.4, 0.5) is 0 Å². The molecule has 3 N–H and O–H groups in total. The molecule has 0 spiro atoms. The van der Waals surface area contributed by atoms with Gasteiger partial charge in [-0.15, -0.1) is 0 Å². The first kappa shape index (κ1) is 16.3. The van der Waals surface area contributed by atoms with Crippen molar-refractivity contribution in [3.63, 3.8) is 0 Å². The molecule has 1 aliphatic rings. The summed E-state index contributed by atoms with van der Waals surface area (Å²) < 4.78 is 5.45. The van der Waals surface area contributed by atoms with E-state index in [1.54, 1.807) is 0 Å². The molecule has 0 aromatic heterocycles. The lowest BCUT2D eigenvalue weighted by molar-refractivity contribution is -0.134. The van der Waals surface area contributed by atoms with Crippen LogP contribution in [0, 0.1) is 25.2 Å². The molecule has 1 aliphatic heterocycles. The van der Waals surface area contributed by atoms with Crippen molar-refractivity contribution < 1.29 is 9.53 Å². The van der Waals surface area contributed by atoms with E-state index in [0.29, 0.717) is 18.1 Å². The Kier molecular flexibility index (Phi) is 5.41. The lowest BCUT2D eigenvalue weighted by atomic mass is 9.92. The third-order valence-corrected chi connectivity index (χ3v) is 4.27. The van der Waals surface area contributed by atoms with Crippen LogP contribution in [0.15, 0.2) is 18.2 Å². The molecule has 0 saturated carbocycles. The first-order chi connectivity index (χ1) is 10.5. The molecule has 5 nitrogen and oxygen atoms in total. The van der Waals surface area contributed by atoms with Crippen LogP contribution in [0.1, 0.15) is 36.8 Å². The Bertz CT molecular complexity index is 549. The second kappa shape index (κ2) is 7.29. The summed E-state index contributed by atoms with van der Waals surface area (Å²) in [6.07, 6.45) is 3.25. The third-order valence-electron chi connectivity index (χ3n) is 4.27. The average molecular weight is 303 g/mol. The van der Waals surface area contributed by atoms with E-state index in [-0.39, 0.29) is 11.9 Å². The van der Waals surface area contributed by atoms with Gasteiger partial charge in [-0.2, -0.15) is 0 Å². The molecule has 0 unspecified atom stereocenters. The van der Waals surface area contributed by atoms with Crippen molar-refractivity contribution in [2.24, 2.45) is 11.7 Å². The summed E-state index contributed by atoms with van der Waals surface area (Å²) in [7, 11) is 0. The first-order valence-electron chi connectivity index (χ1n) is 7.82. The summed E-state index contributed by atoms with van der Waals surface area (Å²) in [5.41, 5.74) is 7.63. The van der Waals surface area contributed by atoms with Crippen molar-refractivity contribution in [1.29, 1.82) is 5.41 Å². The van der Waals surface area contributed by atoms with E-state index < -0.39 is 0 Å². The molecule has 1 heterocycles. The van der Waals surface area contributed by atoms with Crippen LogP contribution in [0.5, 0.6) is 5.75 Å². The molecule has 0 aliphatic carbocycles. The number of nitrogens with one attached hydrogen (secondary N) is 1. The number of carbonyl (C=O) groups excluding carboxylic acids is 1. The number of benzene rings is 1. The Balaban J connectivity index is 1.75. The molecule has 1 saturated heterocycles. The Morgan fingerprint density at radius 1 is 1.36 bits per heavy atom. The second-order valence-electron chi connectivity index (χ2n) is 6.10. The summed E-state index contributed by atoms with van der Waals surface area (Å²) in [4.78, 5) is 13.9. The Morgan fingerprint density at radius 2 is 2.05 bits per heavy atom. The molecule has 1 fully saturated rings. The van der Waals surface area contributed by atoms with Crippen LogP contribution < -0.4 is 10.5 Å². The van der Waals surface area contributed by atoms with Crippen LogP contribution in [0.25, 0.3) is 0 Å². The zero-order valence-corrected chi connectivity index (χ0v) is 13.4. The quantitative estimate of drug-likeness (QED) is 0.388. The highest BCUT2D eigenvalue weighted by atomic mass is 16.5. The molecule has 22 heavy (non-hydrogen) atoms. The molecule has 1 aromatic carbocycles. The highest BCUT2D eigenvalue weighted by molar-refractivity contribution is 5.74. The molecule has 0 bridgehead atoms. The van der Waals surface area contributed by atoms with Crippen LogP contribution in [0.2, 0.25) is 0 Å². The number of ether oxygens (including phenoxy) is 1. The van der Waals surface area contributed by atoms with Crippen LogP contribution in [-0.4, -0.2) is 29.9 Å². The minimum absolute atomic E-state index is 0.146. The number of hydrogen-bond acceptors (Lipinski definition) is 3. The van der Waals surface area contributed by atoms with E-state index in [2.05, 4.69) is 0 Å². The van der Waals surface area contributed by atoms with Gasteiger partial charge in [-0.1, -0.05) is 17.7 Å². The number of carbonyl (C=O) groups is 1. The van der Waals surface area contributed by atoms with Crippen LogP contribution in [-0.2, 0) is 4.79 Å². The smallest absolute Gasteiger partial charge is 0.311 e. The number of esters is 1. The summed E-state index contributed by atoms with van der Waals surface area (Å²) in [5, 5.41) is 7.41. The number of hydrogen-bond donors (Lipinski definition) is 2. The second-order valence-corrected chi connectivity index (χ2v) is 6.10. The van der Waals surface area contributed by atoms with E-state index in [0.717, 1.165) is 43.5 Å². The van der Waals surface area contributed by atoms with Crippen molar-refractivity contribution in [3.05, 3.63) is 29.3 Å².